The van der Waals surface area contributed by atoms with Gasteiger partial charge in [-0.3, -0.25) is 4.79 Å². The zero-order chi connectivity index (χ0) is 40.0. The van der Waals surface area contributed by atoms with Crippen LogP contribution in [-0.2, 0) is 33.7 Å². The van der Waals surface area contributed by atoms with Gasteiger partial charge in [-0.05, 0) is 50.2 Å². The number of aliphatic hydroxyl groups is 2. The number of rotatable bonds is 17. The SMILES string of the molecule is CC(C)(C)OC(=O)N[C@@H](Cc1ccccc1)[C@H](O)CNC[C@@H](O)[C@H](Cc1ccccc1)NC(=O)[C@@H](NC(=O)OCc1ncc(-c2ccccc2)o1)C(C)(C)C. The second-order valence-corrected chi connectivity index (χ2v) is 15.5. The van der Waals surface area contributed by atoms with Gasteiger partial charge in [0.15, 0.2) is 12.4 Å². The van der Waals surface area contributed by atoms with Gasteiger partial charge in [-0.2, -0.15) is 0 Å². The van der Waals surface area contributed by atoms with Crippen molar-refractivity contribution in [1.29, 1.82) is 0 Å². The van der Waals surface area contributed by atoms with Crippen LogP contribution >= 0.6 is 0 Å². The summed E-state index contributed by atoms with van der Waals surface area (Å²) >= 11 is 0. The lowest BCUT2D eigenvalue weighted by Crippen LogP contribution is -2.58. The maximum absolute atomic E-state index is 13.9. The fourth-order valence-electron chi connectivity index (χ4n) is 5.77. The van der Waals surface area contributed by atoms with E-state index in [9.17, 15) is 24.6 Å². The number of hydrogen-bond acceptors (Lipinski definition) is 10. The van der Waals surface area contributed by atoms with E-state index < -0.39 is 59.4 Å². The van der Waals surface area contributed by atoms with Gasteiger partial charge in [-0.1, -0.05) is 112 Å². The molecule has 5 atom stereocenters. The van der Waals surface area contributed by atoms with Gasteiger partial charge >= 0.3 is 12.2 Å². The van der Waals surface area contributed by atoms with E-state index in [4.69, 9.17) is 13.9 Å². The molecular weight excluding hydrogens is 702 g/mol. The van der Waals surface area contributed by atoms with Crippen LogP contribution in [0, 0.1) is 5.41 Å². The van der Waals surface area contributed by atoms with Crippen molar-refractivity contribution in [3.05, 3.63) is 114 Å². The Bertz CT molecular complexity index is 1770. The number of hydrogen-bond donors (Lipinski definition) is 6. The van der Waals surface area contributed by atoms with E-state index >= 15 is 0 Å². The van der Waals surface area contributed by atoms with Crippen LogP contribution in [0.15, 0.2) is 102 Å². The molecular formula is C42H55N5O8. The van der Waals surface area contributed by atoms with Crippen molar-refractivity contribution >= 4 is 18.1 Å². The van der Waals surface area contributed by atoms with Crippen molar-refractivity contribution in [3.63, 3.8) is 0 Å². The minimum atomic E-state index is -1.11. The first-order valence-electron chi connectivity index (χ1n) is 18.5. The largest absolute Gasteiger partial charge is 0.444 e. The average Bonchev–Trinajstić information content (AvgIpc) is 3.61. The highest BCUT2D eigenvalue weighted by Crippen LogP contribution is 2.22. The Morgan fingerprint density at radius 1 is 0.709 bits per heavy atom. The van der Waals surface area contributed by atoms with Crippen molar-refractivity contribution in [2.45, 2.75) is 96.9 Å². The number of alkyl carbamates (subject to hydrolysis) is 2. The molecule has 0 fully saturated rings. The fourth-order valence-corrected chi connectivity index (χ4v) is 5.77. The molecule has 3 aromatic carbocycles. The monoisotopic (exact) mass is 757 g/mol. The molecule has 13 nitrogen and oxygen atoms in total. The van der Waals surface area contributed by atoms with Gasteiger partial charge in [0, 0.05) is 18.7 Å². The molecule has 0 spiro atoms. The highest BCUT2D eigenvalue weighted by Gasteiger charge is 2.36. The van der Waals surface area contributed by atoms with Gasteiger partial charge in [-0.15, -0.1) is 0 Å². The van der Waals surface area contributed by atoms with Crippen molar-refractivity contribution in [2.75, 3.05) is 13.1 Å². The quantitative estimate of drug-likeness (QED) is 0.0842. The molecule has 1 aromatic heterocycles. The second-order valence-electron chi connectivity index (χ2n) is 15.5. The zero-order valence-electron chi connectivity index (χ0n) is 32.5. The number of oxazole rings is 1. The van der Waals surface area contributed by atoms with Crippen LogP contribution in [0.5, 0.6) is 0 Å². The normalized spacial score (nSPS) is 14.5. The van der Waals surface area contributed by atoms with Gasteiger partial charge in [0.1, 0.15) is 11.6 Å². The topological polar surface area (TPSA) is 184 Å². The molecule has 13 heteroatoms. The van der Waals surface area contributed by atoms with Crippen LogP contribution in [-0.4, -0.2) is 82.3 Å². The first-order valence-corrected chi connectivity index (χ1v) is 18.5. The third-order valence-electron chi connectivity index (χ3n) is 8.59. The average molecular weight is 758 g/mol. The first kappa shape index (κ1) is 42.5. The van der Waals surface area contributed by atoms with E-state index in [-0.39, 0.29) is 32.0 Å². The summed E-state index contributed by atoms with van der Waals surface area (Å²) in [5, 5.41) is 34.2. The number of carbonyl (C=O) groups is 3. The number of carbonyl (C=O) groups excluding carboxylic acids is 3. The Morgan fingerprint density at radius 2 is 1.22 bits per heavy atom. The third kappa shape index (κ3) is 14.5. The molecule has 6 N–H and O–H groups in total. The third-order valence-corrected chi connectivity index (χ3v) is 8.59. The molecule has 0 aliphatic carbocycles. The second kappa shape index (κ2) is 19.9. The summed E-state index contributed by atoms with van der Waals surface area (Å²) in [6, 6.07) is 25.7. The lowest BCUT2D eigenvalue weighted by atomic mass is 9.85. The van der Waals surface area contributed by atoms with Crippen molar-refractivity contribution in [3.8, 4) is 11.3 Å². The van der Waals surface area contributed by atoms with Crippen molar-refractivity contribution in [1.82, 2.24) is 26.3 Å². The van der Waals surface area contributed by atoms with Crippen molar-refractivity contribution in [2.24, 2.45) is 5.41 Å². The Kier molecular flexibility index (Phi) is 15.4. The number of amides is 3. The first-order chi connectivity index (χ1) is 26.1. The van der Waals surface area contributed by atoms with E-state index in [0.29, 0.717) is 12.2 Å². The molecule has 0 radical (unpaired) electrons. The molecule has 0 bridgehead atoms. The smallest absolute Gasteiger partial charge is 0.408 e. The minimum Gasteiger partial charge on any atom is -0.444 e. The Labute approximate surface area is 323 Å². The van der Waals surface area contributed by atoms with Crippen molar-refractivity contribution < 1.29 is 38.5 Å². The van der Waals surface area contributed by atoms with Gasteiger partial charge in [0.05, 0.1) is 30.5 Å². The maximum Gasteiger partial charge on any atom is 0.408 e. The van der Waals surface area contributed by atoms with E-state index in [1.165, 1.54) is 0 Å². The molecule has 0 aliphatic rings. The maximum atomic E-state index is 13.9. The molecule has 4 rings (SSSR count). The van der Waals surface area contributed by atoms with Gasteiger partial charge < -0.3 is 45.4 Å². The summed E-state index contributed by atoms with van der Waals surface area (Å²) < 4.78 is 16.5. The number of aliphatic hydroxyl groups excluding tert-OH is 2. The van der Waals surface area contributed by atoms with Crippen LogP contribution in [0.2, 0.25) is 0 Å². The Balaban J connectivity index is 1.39. The lowest BCUT2D eigenvalue weighted by molar-refractivity contribution is -0.127. The Morgan fingerprint density at radius 3 is 1.73 bits per heavy atom. The number of nitrogens with one attached hydrogen (secondary N) is 4. The standard InChI is InChI=1S/C42H55N5O8/c1-41(2,3)37(47-39(51)53-27-36-44-26-35(54-36)30-20-14-9-15-21-30)38(50)45-31(22-28-16-10-7-11-17-28)33(48)24-43-25-34(49)32(23-29-18-12-8-13-19-29)46-40(52)55-42(4,5)6/h7-21,26,31-34,37,43,48-49H,22-25,27H2,1-6H3,(H,45,50)(H,46,52)(H,47,51)/t31-,32-,33+,34+,37+/m0/s1. The molecule has 4 aromatic rings. The van der Waals surface area contributed by atoms with Crippen LogP contribution in [0.3, 0.4) is 0 Å². The van der Waals surface area contributed by atoms with Gasteiger partial charge in [-0.25, -0.2) is 14.6 Å². The van der Waals surface area contributed by atoms with Crippen LogP contribution in [0.25, 0.3) is 11.3 Å². The Hall–Kier alpha value is -5.24. The minimum absolute atomic E-state index is 0.00386. The molecule has 0 unspecified atom stereocenters. The van der Waals surface area contributed by atoms with Gasteiger partial charge in [0.25, 0.3) is 0 Å². The van der Waals surface area contributed by atoms with E-state index in [1.807, 2.05) is 91.0 Å². The number of nitrogens with zero attached hydrogens (tertiary/aromatic N) is 1. The van der Waals surface area contributed by atoms with Gasteiger partial charge in [0.2, 0.25) is 11.8 Å². The van der Waals surface area contributed by atoms with E-state index in [0.717, 1.165) is 16.7 Å². The summed E-state index contributed by atoms with van der Waals surface area (Å²) in [4.78, 5) is 43.7. The summed E-state index contributed by atoms with van der Waals surface area (Å²) in [6.07, 6.45) is -1.48. The van der Waals surface area contributed by atoms with E-state index in [1.54, 1.807) is 47.7 Å². The number of benzene rings is 3. The summed E-state index contributed by atoms with van der Waals surface area (Å²) in [7, 11) is 0. The highest BCUT2D eigenvalue weighted by molar-refractivity contribution is 5.86. The molecule has 55 heavy (non-hydrogen) atoms. The molecule has 0 saturated heterocycles. The molecule has 0 aliphatic heterocycles. The molecule has 0 saturated carbocycles. The predicted octanol–water partition coefficient (Wildman–Crippen LogP) is 5.16. The summed E-state index contributed by atoms with van der Waals surface area (Å²) in [6.45, 7) is 10.5. The number of aromatic nitrogens is 1. The molecule has 296 valence electrons. The zero-order valence-corrected chi connectivity index (χ0v) is 32.5. The van der Waals surface area contributed by atoms with Crippen LogP contribution < -0.4 is 21.3 Å². The predicted molar refractivity (Wildman–Crippen MR) is 209 cm³/mol. The van der Waals surface area contributed by atoms with Crippen LogP contribution in [0.1, 0.15) is 58.6 Å². The molecule has 3 amide bonds. The summed E-state index contributed by atoms with van der Waals surface area (Å²) in [5.41, 5.74) is 1.15. The van der Waals surface area contributed by atoms with E-state index in [2.05, 4.69) is 26.3 Å². The number of ether oxygens (including phenoxy) is 2. The summed E-state index contributed by atoms with van der Waals surface area (Å²) in [5.74, 6) is 0.209. The fraction of sp³-hybridized carbons (Fsp3) is 0.429. The van der Waals surface area contributed by atoms with Crippen LogP contribution in [0.4, 0.5) is 9.59 Å². The molecule has 1 heterocycles. The highest BCUT2D eigenvalue weighted by atomic mass is 16.6. The lowest BCUT2D eigenvalue weighted by Gasteiger charge is -2.33.